The largest absolute Gasteiger partial charge is 0.389 e. The number of aryl methyl sites for hydroxylation is 1. The molecule has 3 fully saturated rings. The van der Waals surface area contributed by atoms with Gasteiger partial charge in [-0.1, -0.05) is 20.3 Å². The van der Waals surface area contributed by atoms with Gasteiger partial charge in [0, 0.05) is 86.0 Å². The Hall–Kier alpha value is -3.20. The molecule has 4 aliphatic rings. The van der Waals surface area contributed by atoms with Crippen LogP contribution in [-0.4, -0.2) is 79.5 Å². The molecule has 11 heteroatoms. The summed E-state index contributed by atoms with van der Waals surface area (Å²) < 4.78 is 0. The number of thiophene rings is 1. The van der Waals surface area contributed by atoms with Crippen molar-refractivity contribution >= 4 is 39.6 Å². The zero-order valence-electron chi connectivity index (χ0n) is 25.7. The van der Waals surface area contributed by atoms with Gasteiger partial charge in [-0.3, -0.25) is 9.69 Å². The minimum absolute atomic E-state index is 0.123. The van der Waals surface area contributed by atoms with Crippen LogP contribution in [0.4, 0.5) is 16.5 Å². The van der Waals surface area contributed by atoms with Crippen LogP contribution in [0.25, 0.3) is 0 Å². The van der Waals surface area contributed by atoms with Gasteiger partial charge < -0.3 is 26.6 Å². The summed E-state index contributed by atoms with van der Waals surface area (Å²) in [7, 11) is 0. The van der Waals surface area contributed by atoms with Gasteiger partial charge in [0.2, 0.25) is 0 Å². The van der Waals surface area contributed by atoms with Crippen LogP contribution in [0.1, 0.15) is 74.6 Å². The Balaban J connectivity index is 1.30. The zero-order chi connectivity index (χ0) is 30.3. The number of nitrogens with one attached hydrogen (secondary N) is 1. The zero-order valence-corrected chi connectivity index (χ0v) is 26.6. The Labute approximate surface area is 259 Å². The van der Waals surface area contributed by atoms with E-state index < -0.39 is 5.41 Å². The van der Waals surface area contributed by atoms with Crippen molar-refractivity contribution in [2.45, 2.75) is 76.8 Å². The fraction of sp³-hybridized carbons (Fsp3) is 0.625. The summed E-state index contributed by atoms with van der Waals surface area (Å²) in [6.07, 6.45) is 5.86. The second-order valence-corrected chi connectivity index (χ2v) is 14.0. The maximum atomic E-state index is 13.9. The number of carbonyl (C=O) groups excluding carboxylic acids is 1. The van der Waals surface area contributed by atoms with Crippen molar-refractivity contribution in [2.24, 2.45) is 16.6 Å². The number of pyridine rings is 1. The molecule has 0 radical (unpaired) electrons. The maximum absolute atomic E-state index is 13.9. The Morgan fingerprint density at radius 3 is 2.77 bits per heavy atom. The van der Waals surface area contributed by atoms with Crippen molar-refractivity contribution < 1.29 is 4.79 Å². The van der Waals surface area contributed by atoms with Crippen LogP contribution < -0.4 is 26.6 Å². The van der Waals surface area contributed by atoms with E-state index in [9.17, 15) is 10.1 Å². The number of piperazine rings is 1. The van der Waals surface area contributed by atoms with Crippen LogP contribution in [0.3, 0.4) is 0 Å². The molecule has 1 aliphatic carbocycles. The molecule has 230 valence electrons. The van der Waals surface area contributed by atoms with Crippen LogP contribution in [0.5, 0.6) is 0 Å². The third kappa shape index (κ3) is 5.38. The molecule has 43 heavy (non-hydrogen) atoms. The van der Waals surface area contributed by atoms with Crippen LogP contribution in [0.15, 0.2) is 17.1 Å². The van der Waals surface area contributed by atoms with Crippen molar-refractivity contribution in [3.05, 3.63) is 33.8 Å². The molecular formula is C32H45N9OS. The molecule has 0 spiro atoms. The molecule has 4 atom stereocenters. The average Bonchev–Trinajstić information content (AvgIpc) is 3.54. The van der Waals surface area contributed by atoms with Crippen molar-refractivity contribution in [2.75, 3.05) is 61.3 Å². The van der Waals surface area contributed by atoms with E-state index in [-0.39, 0.29) is 11.7 Å². The Kier molecular flexibility index (Phi) is 8.37. The summed E-state index contributed by atoms with van der Waals surface area (Å²) in [6, 6.07) is 7.51. The van der Waals surface area contributed by atoms with E-state index in [1.165, 1.54) is 30.6 Å². The van der Waals surface area contributed by atoms with Crippen LogP contribution in [0, 0.1) is 17.2 Å². The highest BCUT2D eigenvalue weighted by Gasteiger charge is 2.44. The third-order valence-electron chi connectivity index (χ3n) is 10.2. The van der Waals surface area contributed by atoms with Gasteiger partial charge in [-0.2, -0.15) is 10.3 Å². The first-order chi connectivity index (χ1) is 20.8. The predicted molar refractivity (Wildman–Crippen MR) is 174 cm³/mol. The Morgan fingerprint density at radius 2 is 2.07 bits per heavy atom. The molecule has 0 saturated carbocycles. The van der Waals surface area contributed by atoms with Crippen LogP contribution >= 0.6 is 11.3 Å². The molecule has 6 rings (SSSR count). The standard InChI is InChI=1S/C32H45N9OS/c1-4-7-21(5-2)39-10-12-40(13-11-39)27-15-22(41-19-20-17-36-18-25(20)41)14-24(37-27)29(34)38-31(42)32(3)9-6-8-26-28(32)23(16-33)30(35)43-26/h14-15,20-21,25,36H,4-13,17-19,35H2,1-3H3,(H2,34,38,42). The van der Waals surface area contributed by atoms with Gasteiger partial charge >= 0.3 is 0 Å². The van der Waals surface area contributed by atoms with E-state index in [0.29, 0.717) is 40.7 Å². The lowest BCUT2D eigenvalue weighted by Gasteiger charge is -2.46. The number of nitrogens with two attached hydrogens (primary N) is 2. The molecule has 2 aromatic rings. The normalized spacial score (nSPS) is 26.4. The lowest BCUT2D eigenvalue weighted by Crippen LogP contribution is -2.56. The van der Waals surface area contributed by atoms with Crippen molar-refractivity contribution in [1.29, 1.82) is 5.26 Å². The molecule has 1 amide bonds. The number of nitrogens with zero attached hydrogens (tertiary/aromatic N) is 6. The van der Waals surface area contributed by atoms with E-state index in [0.717, 1.165) is 80.6 Å². The number of amides is 1. The SMILES string of the molecule is CCCC(CC)N1CCN(c2cc(N3CC4CNCC43)cc(C(N)=NC(=O)C3(C)CCCc4sc(N)c(C#N)c43)n2)CC1. The van der Waals surface area contributed by atoms with Crippen LogP contribution in [0.2, 0.25) is 0 Å². The average molecular weight is 604 g/mol. The number of hydrogen-bond acceptors (Lipinski definition) is 9. The summed E-state index contributed by atoms with van der Waals surface area (Å²) in [5.74, 6) is 1.33. The second-order valence-electron chi connectivity index (χ2n) is 12.8. The molecule has 5 heterocycles. The lowest BCUT2D eigenvalue weighted by atomic mass is 9.72. The van der Waals surface area contributed by atoms with Gasteiger partial charge in [0.25, 0.3) is 5.91 Å². The second kappa shape index (κ2) is 12.1. The minimum Gasteiger partial charge on any atom is -0.389 e. The Bertz CT molecular complexity index is 1440. The summed E-state index contributed by atoms with van der Waals surface area (Å²) in [4.78, 5) is 31.8. The number of anilines is 3. The predicted octanol–water partition coefficient (Wildman–Crippen LogP) is 3.23. The number of aromatic nitrogens is 1. The number of hydrogen-bond donors (Lipinski definition) is 3. The molecular weight excluding hydrogens is 558 g/mol. The molecule has 5 N–H and O–H groups in total. The van der Waals surface area contributed by atoms with E-state index in [1.54, 1.807) is 0 Å². The van der Waals surface area contributed by atoms with E-state index in [1.807, 2.05) is 13.0 Å². The van der Waals surface area contributed by atoms with E-state index in [2.05, 4.69) is 51.0 Å². The number of fused-ring (bicyclic) bond motifs is 2. The minimum atomic E-state index is -0.942. The molecule has 3 aliphatic heterocycles. The number of aliphatic imine (C=N–C) groups is 1. The third-order valence-corrected chi connectivity index (χ3v) is 11.3. The molecule has 0 aromatic carbocycles. The molecule has 10 nitrogen and oxygen atoms in total. The number of carbonyl (C=O) groups is 1. The fourth-order valence-electron chi connectivity index (χ4n) is 7.67. The van der Waals surface area contributed by atoms with Crippen LogP contribution in [-0.2, 0) is 16.6 Å². The number of rotatable bonds is 8. The number of nitriles is 1. The highest BCUT2D eigenvalue weighted by Crippen LogP contribution is 2.46. The first-order valence-electron chi connectivity index (χ1n) is 16.0. The van der Waals surface area contributed by atoms with Gasteiger partial charge in [0.05, 0.1) is 11.0 Å². The topological polar surface area (TPSA) is 140 Å². The number of amidine groups is 1. The van der Waals surface area contributed by atoms with Gasteiger partial charge in [-0.25, -0.2) is 4.98 Å². The summed E-state index contributed by atoms with van der Waals surface area (Å²) in [5.41, 5.74) is 14.6. The molecule has 0 bridgehead atoms. The quantitative estimate of drug-likeness (QED) is 0.306. The Morgan fingerprint density at radius 1 is 1.28 bits per heavy atom. The summed E-state index contributed by atoms with van der Waals surface area (Å²) >= 11 is 1.41. The van der Waals surface area contributed by atoms with Gasteiger partial charge in [-0.05, 0) is 45.1 Å². The number of nitrogen functional groups attached to an aromatic ring is 1. The molecule has 2 aromatic heterocycles. The monoisotopic (exact) mass is 603 g/mol. The van der Waals surface area contributed by atoms with Gasteiger partial charge in [0.15, 0.2) is 5.84 Å². The highest BCUT2D eigenvalue weighted by molar-refractivity contribution is 7.16. The highest BCUT2D eigenvalue weighted by atomic mass is 32.1. The first kappa shape index (κ1) is 29.9. The van der Waals surface area contributed by atoms with E-state index in [4.69, 9.17) is 16.5 Å². The molecule has 3 saturated heterocycles. The molecule has 4 unspecified atom stereocenters. The summed E-state index contributed by atoms with van der Waals surface area (Å²) in [6.45, 7) is 13.3. The summed E-state index contributed by atoms with van der Waals surface area (Å²) in [5, 5.41) is 13.8. The fourth-order valence-corrected chi connectivity index (χ4v) is 8.86. The van der Waals surface area contributed by atoms with Crippen molar-refractivity contribution in [3.8, 4) is 6.07 Å². The van der Waals surface area contributed by atoms with Gasteiger partial charge in [-0.15, -0.1) is 11.3 Å². The first-order valence-corrected chi connectivity index (χ1v) is 16.8. The lowest BCUT2D eigenvalue weighted by molar-refractivity contribution is -0.123. The van der Waals surface area contributed by atoms with Crippen molar-refractivity contribution in [3.63, 3.8) is 0 Å². The maximum Gasteiger partial charge on any atom is 0.258 e. The van der Waals surface area contributed by atoms with E-state index >= 15 is 0 Å². The van der Waals surface area contributed by atoms with Gasteiger partial charge in [0.1, 0.15) is 22.6 Å². The smallest absolute Gasteiger partial charge is 0.258 e. The van der Waals surface area contributed by atoms with Crippen molar-refractivity contribution in [1.82, 2.24) is 15.2 Å².